The lowest BCUT2D eigenvalue weighted by Gasteiger charge is -2.29. The van der Waals surface area contributed by atoms with E-state index in [0.29, 0.717) is 28.5 Å². The van der Waals surface area contributed by atoms with E-state index in [2.05, 4.69) is 34.4 Å². The monoisotopic (exact) mass is 570 g/mol. The molecule has 0 aliphatic carbocycles. The molecule has 0 bridgehead atoms. The number of nitrogens with zero attached hydrogens (tertiary/aromatic N) is 7. The van der Waals surface area contributed by atoms with Crippen LogP contribution in [-0.2, 0) is 24.3 Å². The van der Waals surface area contributed by atoms with Crippen LogP contribution in [0.1, 0.15) is 31.4 Å². The van der Waals surface area contributed by atoms with Crippen LogP contribution in [-0.4, -0.2) is 73.1 Å². The Balaban J connectivity index is 1.45. The summed E-state index contributed by atoms with van der Waals surface area (Å²) in [5.41, 5.74) is 3.57. The molecule has 0 saturated heterocycles. The van der Waals surface area contributed by atoms with E-state index in [0.717, 1.165) is 31.6 Å². The minimum atomic E-state index is -0.763. The largest absolute Gasteiger partial charge is 0.480 e. The number of allylic oxidation sites excluding steroid dienone is 2. The van der Waals surface area contributed by atoms with Gasteiger partial charge in [-0.15, -0.1) is 0 Å². The Bertz CT molecular complexity index is 1740. The number of carbonyl (C=O) groups is 1. The summed E-state index contributed by atoms with van der Waals surface area (Å²) in [5, 5.41) is 13.7. The number of amides is 1. The predicted molar refractivity (Wildman–Crippen MR) is 160 cm³/mol. The summed E-state index contributed by atoms with van der Waals surface area (Å²) in [6, 6.07) is 9.71. The van der Waals surface area contributed by atoms with Gasteiger partial charge in [0.05, 0.1) is 19.2 Å². The second kappa shape index (κ2) is 11.4. The number of carbonyl (C=O) groups excluding carboxylic acids is 1. The number of aromatic nitrogens is 5. The Morgan fingerprint density at radius 1 is 1.14 bits per heavy atom. The van der Waals surface area contributed by atoms with Crippen molar-refractivity contribution in [3.05, 3.63) is 70.2 Å². The molecule has 218 valence electrons. The molecule has 4 aromatic rings. The summed E-state index contributed by atoms with van der Waals surface area (Å²) in [6.07, 6.45) is 6.50. The van der Waals surface area contributed by atoms with Crippen molar-refractivity contribution in [2.75, 3.05) is 37.0 Å². The number of benzene rings is 1. The van der Waals surface area contributed by atoms with Crippen LogP contribution in [0.25, 0.3) is 16.9 Å². The van der Waals surface area contributed by atoms with Gasteiger partial charge < -0.3 is 20.1 Å². The third kappa shape index (κ3) is 5.26. The maximum atomic E-state index is 13.6. The molecule has 1 unspecified atom stereocenters. The van der Waals surface area contributed by atoms with Gasteiger partial charge in [0, 0.05) is 25.0 Å². The summed E-state index contributed by atoms with van der Waals surface area (Å²) >= 11 is 0. The Hall–Kier alpha value is -4.55. The minimum Gasteiger partial charge on any atom is -0.480 e. The van der Waals surface area contributed by atoms with E-state index in [1.807, 2.05) is 25.1 Å². The highest BCUT2D eigenvalue weighted by molar-refractivity contribution is 5.96. The first-order chi connectivity index (χ1) is 20.3. The molecule has 0 radical (unpaired) electrons. The van der Waals surface area contributed by atoms with Crippen LogP contribution in [0.5, 0.6) is 5.75 Å². The summed E-state index contributed by atoms with van der Waals surface area (Å²) in [4.78, 5) is 43.9. The fourth-order valence-electron chi connectivity index (χ4n) is 5.37. The number of rotatable bonds is 8. The van der Waals surface area contributed by atoms with Crippen LogP contribution < -0.4 is 20.5 Å². The molecular weight excluding hydrogens is 536 g/mol. The maximum Gasteiger partial charge on any atom is 0.278 e. The van der Waals surface area contributed by atoms with Crippen LogP contribution in [0, 0.1) is 0 Å². The number of likely N-dealkylation sites (N-methyl/N-ethyl adjacent to an activating group) is 1. The van der Waals surface area contributed by atoms with Gasteiger partial charge in [0.25, 0.3) is 11.5 Å². The second-order valence-corrected chi connectivity index (χ2v) is 10.7. The summed E-state index contributed by atoms with van der Waals surface area (Å²) in [7, 11) is 2.11. The molecular formula is C30H34N8O4. The van der Waals surface area contributed by atoms with Crippen LogP contribution in [0.2, 0.25) is 0 Å². The van der Waals surface area contributed by atoms with Crippen LogP contribution in [0.3, 0.4) is 0 Å². The van der Waals surface area contributed by atoms with Gasteiger partial charge in [0.2, 0.25) is 5.95 Å². The topological polar surface area (TPSA) is 131 Å². The molecule has 1 aromatic carbocycles. The highest BCUT2D eigenvalue weighted by Gasteiger charge is 2.29. The van der Waals surface area contributed by atoms with Crippen LogP contribution >= 0.6 is 0 Å². The molecule has 0 spiro atoms. The first-order valence-corrected chi connectivity index (χ1v) is 14.2. The quantitative estimate of drug-likeness (QED) is 0.307. The van der Waals surface area contributed by atoms with Crippen molar-refractivity contribution in [2.24, 2.45) is 0 Å². The Morgan fingerprint density at radius 2 is 2.00 bits per heavy atom. The average Bonchev–Trinajstić information content (AvgIpc) is 3.24. The lowest BCUT2D eigenvalue weighted by molar-refractivity contribution is -0.121. The highest BCUT2D eigenvalue weighted by Crippen LogP contribution is 2.32. The third-order valence-electron chi connectivity index (χ3n) is 7.42. The summed E-state index contributed by atoms with van der Waals surface area (Å²) in [5.74, 6) is 1.11. The van der Waals surface area contributed by atoms with Gasteiger partial charge in [0.15, 0.2) is 29.6 Å². The Labute approximate surface area is 242 Å². The van der Waals surface area contributed by atoms with Gasteiger partial charge >= 0.3 is 0 Å². The SMILES string of the molecule is CC/C=C\Cn1c(=O)c2cnc(Nc3ccc4c(c3)CN(C)CC4)nc2n1-c1ccc2c(n1)N(CC(C)O)C(=O)CO2. The molecule has 1 amide bonds. The van der Waals surface area contributed by atoms with Crippen molar-refractivity contribution in [1.29, 1.82) is 0 Å². The molecule has 42 heavy (non-hydrogen) atoms. The van der Waals surface area contributed by atoms with E-state index in [1.54, 1.807) is 28.4 Å². The van der Waals surface area contributed by atoms with Gasteiger partial charge in [-0.2, -0.15) is 4.98 Å². The van der Waals surface area contributed by atoms with Crippen molar-refractivity contribution in [3.63, 3.8) is 0 Å². The first-order valence-electron chi connectivity index (χ1n) is 14.2. The van der Waals surface area contributed by atoms with Crippen molar-refractivity contribution in [3.8, 4) is 11.6 Å². The van der Waals surface area contributed by atoms with Crippen LogP contribution in [0.15, 0.2) is 53.5 Å². The summed E-state index contributed by atoms with van der Waals surface area (Å²) in [6.45, 7) is 5.76. The van der Waals surface area contributed by atoms with E-state index in [1.165, 1.54) is 22.2 Å². The Kier molecular flexibility index (Phi) is 7.48. The average molecular weight is 571 g/mol. The second-order valence-electron chi connectivity index (χ2n) is 10.7. The number of aliphatic hydroxyl groups excluding tert-OH is 1. The number of pyridine rings is 1. The zero-order valence-electron chi connectivity index (χ0n) is 23.9. The molecule has 1 atom stereocenters. The number of β-amino-alcohol motifs (C(OH)–C–C–N with tert-alkyl or cyclic N) is 1. The lowest BCUT2D eigenvalue weighted by atomic mass is 9.99. The molecule has 3 aromatic heterocycles. The number of hydrogen-bond acceptors (Lipinski definition) is 9. The molecule has 0 fully saturated rings. The molecule has 6 rings (SSSR count). The number of fused-ring (bicyclic) bond motifs is 3. The first kappa shape index (κ1) is 27.6. The van der Waals surface area contributed by atoms with E-state index in [4.69, 9.17) is 14.7 Å². The van der Waals surface area contributed by atoms with Gasteiger partial charge in [-0.3, -0.25) is 14.5 Å². The molecule has 12 nitrogen and oxygen atoms in total. The number of ether oxygens (including phenoxy) is 1. The minimum absolute atomic E-state index is 0.0664. The van der Waals surface area contributed by atoms with E-state index in [9.17, 15) is 14.7 Å². The molecule has 2 aliphatic heterocycles. The standard InChI is InChI=1S/C30H34N8O4/c1-4-5-6-12-37-29(41)23-15-31-30(32-22-8-7-20-11-13-35(3)17-21(20)14-22)34-27(23)38(37)25-10-9-24-28(33-25)36(16-19(2)39)26(40)18-42-24/h5-10,14-15,19,39H,4,11-13,16-18H2,1-3H3,(H,31,32,34)/b6-5-. The predicted octanol–water partition coefficient (Wildman–Crippen LogP) is 2.78. The van der Waals surface area contributed by atoms with E-state index in [-0.39, 0.29) is 37.0 Å². The highest BCUT2D eigenvalue weighted by atomic mass is 16.5. The van der Waals surface area contributed by atoms with E-state index < -0.39 is 6.10 Å². The fourth-order valence-corrected chi connectivity index (χ4v) is 5.37. The van der Waals surface area contributed by atoms with Gasteiger partial charge in [-0.1, -0.05) is 25.1 Å². The number of hydrogen-bond donors (Lipinski definition) is 2. The zero-order valence-corrected chi connectivity index (χ0v) is 23.9. The smallest absolute Gasteiger partial charge is 0.278 e. The van der Waals surface area contributed by atoms with E-state index >= 15 is 0 Å². The molecule has 2 N–H and O–H groups in total. The number of aliphatic hydroxyl groups is 1. The van der Waals surface area contributed by atoms with Crippen molar-refractivity contribution in [2.45, 2.75) is 45.9 Å². The van der Waals surface area contributed by atoms with Gasteiger partial charge in [-0.25, -0.2) is 19.3 Å². The van der Waals surface area contributed by atoms with Crippen LogP contribution in [0.4, 0.5) is 17.5 Å². The van der Waals surface area contributed by atoms with Crippen molar-refractivity contribution >= 4 is 34.4 Å². The molecule has 12 heteroatoms. The van der Waals surface area contributed by atoms with Crippen molar-refractivity contribution in [1.82, 2.24) is 29.2 Å². The molecule has 2 aliphatic rings. The number of anilines is 3. The summed E-state index contributed by atoms with van der Waals surface area (Å²) < 4.78 is 8.80. The fraction of sp³-hybridized carbons (Fsp3) is 0.367. The van der Waals surface area contributed by atoms with Gasteiger partial charge in [0.1, 0.15) is 5.39 Å². The van der Waals surface area contributed by atoms with Crippen molar-refractivity contribution < 1.29 is 14.6 Å². The number of nitrogens with one attached hydrogen (secondary N) is 1. The normalized spacial score (nSPS) is 16.0. The molecule has 5 heterocycles. The zero-order chi connectivity index (χ0) is 29.4. The lowest BCUT2D eigenvalue weighted by Crippen LogP contribution is -2.43. The maximum absolute atomic E-state index is 13.6. The third-order valence-corrected chi connectivity index (χ3v) is 7.42. The Morgan fingerprint density at radius 3 is 2.81 bits per heavy atom. The molecule has 0 saturated carbocycles. The van der Waals surface area contributed by atoms with Gasteiger partial charge in [-0.05, 0) is 62.2 Å².